The van der Waals surface area contributed by atoms with Gasteiger partial charge in [0.05, 0.1) is 5.66 Å². The van der Waals surface area contributed by atoms with Crippen LogP contribution < -0.4 is 0 Å². The molecule has 76 valence electrons. The Morgan fingerprint density at radius 2 is 2.00 bits per heavy atom. The number of aliphatic carboxylic acids is 1. The molecule has 0 rings (SSSR count). The van der Waals surface area contributed by atoms with E-state index in [1.54, 1.807) is 0 Å². The van der Waals surface area contributed by atoms with E-state index in [4.69, 9.17) is 26.5 Å². The maximum Gasteiger partial charge on any atom is 0.330 e. The van der Waals surface area contributed by atoms with Gasteiger partial charge in [0.2, 0.25) is 0 Å². The number of alkyl halides is 1. The number of hydrogen-bond acceptors (Lipinski definition) is 2. The average Bonchev–Trinajstić information content (AvgIpc) is 1.96. The van der Waals surface area contributed by atoms with Crippen molar-refractivity contribution in [3.8, 4) is 0 Å². The molecule has 13 heavy (non-hydrogen) atoms. The van der Waals surface area contributed by atoms with Crippen LogP contribution in [0.3, 0.4) is 0 Å². The molecule has 1 atom stereocenters. The van der Waals surface area contributed by atoms with Crippen molar-refractivity contribution in [2.75, 3.05) is 5.88 Å². The van der Waals surface area contributed by atoms with Gasteiger partial charge in [-0.05, 0) is 6.42 Å². The van der Waals surface area contributed by atoms with Crippen molar-refractivity contribution in [3.63, 3.8) is 0 Å². The number of rotatable bonds is 5. The Balaban J connectivity index is 4.40. The van der Waals surface area contributed by atoms with Gasteiger partial charge in [0.15, 0.2) is 0 Å². The smallest absolute Gasteiger partial charge is 0.330 e. The fourth-order valence-corrected chi connectivity index (χ4v) is 1.92. The van der Waals surface area contributed by atoms with Crippen LogP contribution in [0.5, 0.6) is 0 Å². The standard InChI is InChI=1S/C6H10ClO5P/c1-4(6(8)9)2-5(3-7)13(10,11)12/h5H,1-3H2,(H,8,9)(H2,10,11,12). The lowest BCUT2D eigenvalue weighted by molar-refractivity contribution is -0.132. The minimum absolute atomic E-state index is 0.256. The summed E-state index contributed by atoms with van der Waals surface area (Å²) in [6.07, 6.45) is -0.302. The maximum atomic E-state index is 10.7. The molecule has 0 spiro atoms. The Morgan fingerprint density at radius 3 is 2.23 bits per heavy atom. The average molecular weight is 229 g/mol. The lowest BCUT2D eigenvalue weighted by Gasteiger charge is -2.14. The molecule has 7 heteroatoms. The van der Waals surface area contributed by atoms with Crippen LogP contribution in [0, 0.1) is 0 Å². The molecule has 0 aliphatic heterocycles. The van der Waals surface area contributed by atoms with Crippen molar-refractivity contribution < 1.29 is 24.3 Å². The zero-order valence-electron chi connectivity index (χ0n) is 6.68. The molecule has 0 saturated carbocycles. The van der Waals surface area contributed by atoms with Crippen molar-refractivity contribution in [1.29, 1.82) is 0 Å². The van der Waals surface area contributed by atoms with Crippen molar-refractivity contribution in [2.45, 2.75) is 12.1 Å². The number of carboxylic acid groups (broad SMARTS) is 1. The summed E-state index contributed by atoms with van der Waals surface area (Å²) >= 11 is 5.27. The van der Waals surface area contributed by atoms with Gasteiger partial charge < -0.3 is 14.9 Å². The molecule has 0 aromatic heterocycles. The van der Waals surface area contributed by atoms with Gasteiger partial charge in [0.1, 0.15) is 0 Å². The normalized spacial score (nSPS) is 13.8. The van der Waals surface area contributed by atoms with Crippen molar-refractivity contribution in [1.82, 2.24) is 0 Å². The van der Waals surface area contributed by atoms with Gasteiger partial charge in [-0.2, -0.15) is 0 Å². The Morgan fingerprint density at radius 1 is 1.54 bits per heavy atom. The molecule has 5 nitrogen and oxygen atoms in total. The molecule has 0 bridgehead atoms. The SMILES string of the molecule is C=C(CC(CCl)P(=O)(O)O)C(=O)O. The van der Waals surface area contributed by atoms with Crippen molar-refractivity contribution >= 4 is 25.2 Å². The summed E-state index contributed by atoms with van der Waals surface area (Å²) in [4.78, 5) is 27.7. The first-order chi connectivity index (χ1) is 5.79. The van der Waals surface area contributed by atoms with E-state index in [1.807, 2.05) is 0 Å². The fraction of sp³-hybridized carbons (Fsp3) is 0.500. The van der Waals surface area contributed by atoms with E-state index in [-0.39, 0.29) is 17.9 Å². The molecule has 0 amide bonds. The lowest BCUT2D eigenvalue weighted by atomic mass is 10.2. The van der Waals surface area contributed by atoms with Crippen LogP contribution in [0.2, 0.25) is 0 Å². The van der Waals surface area contributed by atoms with Crippen LogP contribution in [0.1, 0.15) is 6.42 Å². The molecule has 3 N–H and O–H groups in total. The van der Waals surface area contributed by atoms with Crippen LogP contribution in [-0.4, -0.2) is 32.4 Å². The molecule has 0 heterocycles. The number of hydrogen-bond donors (Lipinski definition) is 3. The fourth-order valence-electron chi connectivity index (χ4n) is 0.635. The van der Waals surface area contributed by atoms with Crippen LogP contribution in [0.4, 0.5) is 0 Å². The second-order valence-electron chi connectivity index (χ2n) is 2.51. The lowest BCUT2D eigenvalue weighted by Crippen LogP contribution is -2.14. The highest BCUT2D eigenvalue weighted by atomic mass is 35.5. The molecule has 0 aromatic carbocycles. The maximum absolute atomic E-state index is 10.7. The number of carboxylic acids is 1. The van der Waals surface area contributed by atoms with Crippen LogP contribution in [-0.2, 0) is 9.36 Å². The van der Waals surface area contributed by atoms with Crippen molar-refractivity contribution in [2.24, 2.45) is 0 Å². The minimum Gasteiger partial charge on any atom is -0.478 e. The van der Waals surface area contributed by atoms with E-state index in [0.29, 0.717) is 0 Å². The van der Waals surface area contributed by atoms with Crippen LogP contribution in [0.25, 0.3) is 0 Å². The minimum atomic E-state index is -4.33. The molecule has 0 radical (unpaired) electrons. The topological polar surface area (TPSA) is 94.8 Å². The first-order valence-corrected chi connectivity index (χ1v) is 5.53. The van der Waals surface area contributed by atoms with Gasteiger partial charge in [0, 0.05) is 11.5 Å². The van der Waals surface area contributed by atoms with E-state index < -0.39 is 19.2 Å². The highest BCUT2D eigenvalue weighted by Gasteiger charge is 2.29. The van der Waals surface area contributed by atoms with Gasteiger partial charge in [-0.1, -0.05) is 6.58 Å². The number of halogens is 1. The molecule has 0 aromatic rings. The summed E-state index contributed by atoms with van der Waals surface area (Å²) in [6.45, 7) is 3.15. The summed E-state index contributed by atoms with van der Waals surface area (Å²) in [5, 5.41) is 8.40. The monoisotopic (exact) mass is 228 g/mol. The van der Waals surface area contributed by atoms with E-state index >= 15 is 0 Å². The highest BCUT2D eigenvalue weighted by Crippen LogP contribution is 2.44. The second-order valence-corrected chi connectivity index (χ2v) is 4.73. The summed E-state index contributed by atoms with van der Waals surface area (Å²) in [5.41, 5.74) is -1.42. The molecular formula is C6H10ClO5P. The number of carbonyl (C=O) groups is 1. The second kappa shape index (κ2) is 4.77. The van der Waals surface area contributed by atoms with E-state index in [9.17, 15) is 9.36 Å². The Bertz CT molecular complexity index is 258. The molecule has 0 fully saturated rings. The Hall–Kier alpha value is -0.350. The summed E-state index contributed by atoms with van der Waals surface area (Å²) in [5.74, 6) is -1.57. The van der Waals surface area contributed by atoms with E-state index in [0.717, 1.165) is 0 Å². The third-order valence-electron chi connectivity index (χ3n) is 1.44. The zero-order valence-corrected chi connectivity index (χ0v) is 8.33. The third kappa shape index (κ3) is 4.43. The van der Waals surface area contributed by atoms with E-state index in [1.165, 1.54) is 0 Å². The van der Waals surface area contributed by atoms with Crippen LogP contribution in [0.15, 0.2) is 12.2 Å². The molecule has 0 saturated heterocycles. The quantitative estimate of drug-likeness (QED) is 0.368. The van der Waals surface area contributed by atoms with Crippen molar-refractivity contribution in [3.05, 3.63) is 12.2 Å². The first-order valence-electron chi connectivity index (χ1n) is 3.31. The molecular weight excluding hydrogens is 218 g/mol. The highest BCUT2D eigenvalue weighted by molar-refractivity contribution is 7.52. The third-order valence-corrected chi connectivity index (χ3v) is 3.34. The van der Waals surface area contributed by atoms with Gasteiger partial charge in [0.25, 0.3) is 0 Å². The zero-order chi connectivity index (χ0) is 10.6. The van der Waals surface area contributed by atoms with Gasteiger partial charge in [-0.3, -0.25) is 4.57 Å². The van der Waals surface area contributed by atoms with Crippen LogP contribution >= 0.6 is 19.2 Å². The predicted molar refractivity (Wildman–Crippen MR) is 47.9 cm³/mol. The molecule has 0 aliphatic rings. The first kappa shape index (κ1) is 12.7. The summed E-state index contributed by atoms with van der Waals surface area (Å²) in [7, 11) is -4.33. The summed E-state index contributed by atoms with van der Waals surface area (Å²) < 4.78 is 10.7. The Kier molecular flexibility index (Phi) is 4.64. The predicted octanol–water partition coefficient (Wildman–Crippen LogP) is 0.802. The Labute approximate surface area is 80.2 Å². The largest absolute Gasteiger partial charge is 0.478 e. The van der Waals surface area contributed by atoms with Gasteiger partial charge >= 0.3 is 13.6 Å². The molecule has 1 unspecified atom stereocenters. The van der Waals surface area contributed by atoms with Gasteiger partial charge in [-0.15, -0.1) is 11.6 Å². The molecule has 0 aliphatic carbocycles. The summed E-state index contributed by atoms with van der Waals surface area (Å²) in [6, 6.07) is 0. The van der Waals surface area contributed by atoms with E-state index in [2.05, 4.69) is 6.58 Å². The van der Waals surface area contributed by atoms with Gasteiger partial charge in [-0.25, -0.2) is 4.79 Å².